The number of ether oxygens (including phenoxy) is 2. The molecule has 1 amide bonds. The zero-order valence-electron chi connectivity index (χ0n) is 16.0. The van der Waals surface area contributed by atoms with E-state index in [9.17, 15) is 14.9 Å². The van der Waals surface area contributed by atoms with Gasteiger partial charge < -0.3 is 14.8 Å². The van der Waals surface area contributed by atoms with Crippen LogP contribution in [0.25, 0.3) is 6.08 Å². The summed E-state index contributed by atoms with van der Waals surface area (Å²) in [6.07, 6.45) is 5.14. The Bertz CT molecular complexity index is 831. The first-order chi connectivity index (χ1) is 13.5. The lowest BCUT2D eigenvalue weighted by atomic mass is 10.2. The van der Waals surface area contributed by atoms with Crippen LogP contribution < -0.4 is 14.8 Å². The molecule has 0 saturated heterocycles. The number of nitro groups is 1. The Morgan fingerprint density at radius 3 is 2.57 bits per heavy atom. The molecule has 1 N–H and O–H groups in total. The fourth-order valence-corrected chi connectivity index (χ4v) is 2.39. The fourth-order valence-electron chi connectivity index (χ4n) is 2.39. The number of hydrogen-bond acceptors (Lipinski definition) is 5. The predicted octanol–water partition coefficient (Wildman–Crippen LogP) is 4.11. The van der Waals surface area contributed by atoms with Crippen molar-refractivity contribution < 1.29 is 19.2 Å². The van der Waals surface area contributed by atoms with Crippen molar-refractivity contribution in [2.75, 3.05) is 13.7 Å². The summed E-state index contributed by atoms with van der Waals surface area (Å²) in [5.41, 5.74) is 1.61. The number of nitrogens with zero attached hydrogens (tertiary/aromatic N) is 1. The van der Waals surface area contributed by atoms with Crippen molar-refractivity contribution >= 4 is 17.7 Å². The highest BCUT2D eigenvalue weighted by atomic mass is 16.6. The molecule has 0 spiro atoms. The molecular formula is C21H24N2O5. The van der Waals surface area contributed by atoms with E-state index < -0.39 is 4.92 Å². The summed E-state index contributed by atoms with van der Waals surface area (Å²) in [7, 11) is 1.58. The van der Waals surface area contributed by atoms with Gasteiger partial charge in [-0.25, -0.2) is 0 Å². The number of carbonyl (C=O) groups is 1. The molecule has 0 aliphatic carbocycles. The van der Waals surface area contributed by atoms with Gasteiger partial charge in [0.1, 0.15) is 0 Å². The zero-order chi connectivity index (χ0) is 20.4. The molecule has 2 aromatic rings. The van der Waals surface area contributed by atoms with Crippen molar-refractivity contribution in [3.05, 3.63) is 69.8 Å². The van der Waals surface area contributed by atoms with Crippen LogP contribution in [0.1, 0.15) is 30.9 Å². The fraction of sp³-hybridized carbons (Fsp3) is 0.286. The Morgan fingerprint density at radius 2 is 1.93 bits per heavy atom. The second-order valence-corrected chi connectivity index (χ2v) is 6.09. The van der Waals surface area contributed by atoms with Crippen molar-refractivity contribution in [1.29, 1.82) is 0 Å². The summed E-state index contributed by atoms with van der Waals surface area (Å²) in [5, 5.41) is 13.4. The molecule has 0 aliphatic heterocycles. The van der Waals surface area contributed by atoms with Crippen LogP contribution in [0.15, 0.2) is 48.5 Å². The Balaban J connectivity index is 1.91. The van der Waals surface area contributed by atoms with Crippen molar-refractivity contribution in [1.82, 2.24) is 5.32 Å². The number of benzene rings is 2. The lowest BCUT2D eigenvalue weighted by Gasteiger charge is -2.11. The van der Waals surface area contributed by atoms with Crippen LogP contribution in [-0.4, -0.2) is 24.5 Å². The molecule has 0 atom stereocenters. The molecule has 0 aliphatic rings. The number of non-ortho nitro benzene ring substituents is 1. The van der Waals surface area contributed by atoms with E-state index in [1.54, 1.807) is 31.4 Å². The standard InChI is InChI=1S/C21H24N2O5/c1-3-4-13-28-19-11-7-16(14-20(19)27-2)8-12-21(24)22-15-17-5-9-18(10-6-17)23(25)26/h5-12,14H,3-4,13,15H2,1-2H3,(H,22,24)/b12-8+. The van der Waals surface area contributed by atoms with Gasteiger partial charge in [0, 0.05) is 24.8 Å². The lowest BCUT2D eigenvalue weighted by Crippen LogP contribution is -2.20. The molecular weight excluding hydrogens is 360 g/mol. The van der Waals surface area contributed by atoms with E-state index in [2.05, 4.69) is 12.2 Å². The number of rotatable bonds is 10. The number of unbranched alkanes of at least 4 members (excludes halogenated alkanes) is 1. The first-order valence-electron chi connectivity index (χ1n) is 9.03. The molecule has 7 heteroatoms. The van der Waals surface area contributed by atoms with Gasteiger partial charge in [0.2, 0.25) is 5.91 Å². The Hall–Kier alpha value is -3.35. The summed E-state index contributed by atoms with van der Waals surface area (Å²) >= 11 is 0. The quantitative estimate of drug-likeness (QED) is 0.288. The SMILES string of the molecule is CCCCOc1ccc(/C=C/C(=O)NCc2ccc([N+](=O)[O-])cc2)cc1OC. The second kappa shape index (κ2) is 10.7. The molecule has 0 radical (unpaired) electrons. The number of carbonyl (C=O) groups excluding carboxylic acids is 1. The largest absolute Gasteiger partial charge is 0.493 e. The summed E-state index contributed by atoms with van der Waals surface area (Å²) in [6.45, 7) is 3.02. The molecule has 28 heavy (non-hydrogen) atoms. The van der Waals surface area contributed by atoms with E-state index in [1.807, 2.05) is 12.1 Å². The first kappa shape index (κ1) is 21.0. The molecule has 2 aromatic carbocycles. The van der Waals surface area contributed by atoms with Crippen molar-refractivity contribution in [2.45, 2.75) is 26.3 Å². The van der Waals surface area contributed by atoms with Crippen LogP contribution in [-0.2, 0) is 11.3 Å². The number of nitrogens with one attached hydrogen (secondary N) is 1. The number of amides is 1. The molecule has 7 nitrogen and oxygen atoms in total. The highest BCUT2D eigenvalue weighted by Gasteiger charge is 2.06. The minimum absolute atomic E-state index is 0.0195. The van der Waals surface area contributed by atoms with Gasteiger partial charge in [-0.3, -0.25) is 14.9 Å². The van der Waals surface area contributed by atoms with Crippen LogP contribution in [0.5, 0.6) is 11.5 Å². The highest BCUT2D eigenvalue weighted by molar-refractivity contribution is 5.91. The van der Waals surface area contributed by atoms with Crippen molar-refractivity contribution in [2.24, 2.45) is 0 Å². The Morgan fingerprint density at radius 1 is 1.18 bits per heavy atom. The molecule has 0 aromatic heterocycles. The third-order valence-electron chi connectivity index (χ3n) is 3.98. The van der Waals surface area contributed by atoms with Gasteiger partial charge in [0.05, 0.1) is 18.6 Å². The Kier molecular flexibility index (Phi) is 8.02. The van der Waals surface area contributed by atoms with E-state index in [-0.39, 0.29) is 18.1 Å². The van der Waals surface area contributed by atoms with E-state index in [4.69, 9.17) is 9.47 Å². The lowest BCUT2D eigenvalue weighted by molar-refractivity contribution is -0.384. The number of hydrogen-bond donors (Lipinski definition) is 1. The van der Waals surface area contributed by atoms with Crippen molar-refractivity contribution in [3.8, 4) is 11.5 Å². The van der Waals surface area contributed by atoms with Gasteiger partial charge in [-0.2, -0.15) is 0 Å². The minimum Gasteiger partial charge on any atom is -0.493 e. The first-order valence-corrected chi connectivity index (χ1v) is 9.03. The van der Waals surface area contributed by atoms with E-state index in [0.717, 1.165) is 24.0 Å². The average Bonchev–Trinajstić information content (AvgIpc) is 2.71. The molecule has 0 heterocycles. The van der Waals surface area contributed by atoms with Gasteiger partial charge in [0.25, 0.3) is 5.69 Å². The molecule has 0 bridgehead atoms. The maximum Gasteiger partial charge on any atom is 0.269 e. The topological polar surface area (TPSA) is 90.7 Å². The normalized spacial score (nSPS) is 10.6. The number of nitro benzene ring substituents is 1. The van der Waals surface area contributed by atoms with Gasteiger partial charge in [0.15, 0.2) is 11.5 Å². The summed E-state index contributed by atoms with van der Waals surface area (Å²) < 4.78 is 11.0. The van der Waals surface area contributed by atoms with E-state index in [1.165, 1.54) is 18.2 Å². The van der Waals surface area contributed by atoms with Crippen LogP contribution in [0, 0.1) is 10.1 Å². The van der Waals surface area contributed by atoms with Crippen LogP contribution >= 0.6 is 0 Å². The molecule has 0 saturated carbocycles. The molecule has 0 fully saturated rings. The Labute approximate surface area is 164 Å². The predicted molar refractivity (Wildman–Crippen MR) is 107 cm³/mol. The average molecular weight is 384 g/mol. The molecule has 148 valence electrons. The van der Waals surface area contributed by atoms with Gasteiger partial charge >= 0.3 is 0 Å². The molecule has 2 rings (SSSR count). The van der Waals surface area contributed by atoms with E-state index >= 15 is 0 Å². The van der Waals surface area contributed by atoms with Crippen LogP contribution in [0.3, 0.4) is 0 Å². The summed E-state index contributed by atoms with van der Waals surface area (Å²) in [4.78, 5) is 22.2. The second-order valence-electron chi connectivity index (χ2n) is 6.09. The van der Waals surface area contributed by atoms with Gasteiger partial charge in [-0.15, -0.1) is 0 Å². The monoisotopic (exact) mass is 384 g/mol. The van der Waals surface area contributed by atoms with E-state index in [0.29, 0.717) is 18.1 Å². The zero-order valence-corrected chi connectivity index (χ0v) is 16.0. The third kappa shape index (κ3) is 6.42. The summed E-state index contributed by atoms with van der Waals surface area (Å²) in [5.74, 6) is 1.03. The van der Waals surface area contributed by atoms with Crippen molar-refractivity contribution in [3.63, 3.8) is 0 Å². The van der Waals surface area contributed by atoms with Gasteiger partial charge in [-0.05, 0) is 35.8 Å². The molecule has 0 unspecified atom stereocenters. The van der Waals surface area contributed by atoms with Crippen LogP contribution in [0.2, 0.25) is 0 Å². The smallest absolute Gasteiger partial charge is 0.269 e. The van der Waals surface area contributed by atoms with Gasteiger partial charge in [-0.1, -0.05) is 31.5 Å². The third-order valence-corrected chi connectivity index (χ3v) is 3.98. The maximum atomic E-state index is 12.0. The highest BCUT2D eigenvalue weighted by Crippen LogP contribution is 2.28. The van der Waals surface area contributed by atoms with Crippen LogP contribution in [0.4, 0.5) is 5.69 Å². The minimum atomic E-state index is -0.459. The summed E-state index contributed by atoms with van der Waals surface area (Å²) in [6, 6.07) is 11.5. The number of methoxy groups -OCH3 is 1. The maximum absolute atomic E-state index is 12.0.